The molecular weight excluding hydrogens is 350 g/mol. The fourth-order valence-corrected chi connectivity index (χ4v) is 4.25. The molecule has 1 atom stereocenters. The van der Waals surface area contributed by atoms with E-state index in [1.165, 1.54) is 0 Å². The minimum Gasteiger partial charge on any atom is -0.395 e. The van der Waals surface area contributed by atoms with Crippen LogP contribution >= 0.6 is 0 Å². The van der Waals surface area contributed by atoms with Crippen LogP contribution in [0.15, 0.2) is 47.5 Å². The molecule has 0 bridgehead atoms. The summed E-state index contributed by atoms with van der Waals surface area (Å²) in [5, 5.41) is 10.4. The monoisotopic (exact) mass is 373 g/mol. The number of sulfonamides is 1. The maximum atomic E-state index is 12.5. The maximum absolute atomic E-state index is 12.5. The zero-order chi connectivity index (χ0) is 18.9. The molecule has 0 aliphatic heterocycles. The van der Waals surface area contributed by atoms with Crippen molar-refractivity contribution in [3.05, 3.63) is 48.3 Å². The first-order chi connectivity index (χ1) is 12.3. The highest BCUT2D eigenvalue weighted by molar-refractivity contribution is 7.89. The van der Waals surface area contributed by atoms with E-state index in [4.69, 9.17) is 0 Å². The van der Waals surface area contributed by atoms with Crippen molar-refractivity contribution in [3.63, 3.8) is 0 Å². The SMILES string of the molecule is Cc1cc2c(-c3ccc(S(=O)(=O)N[C@H](CO)C(C)C)cc3)ccnc2[nH]1. The minimum atomic E-state index is -3.68. The van der Waals surface area contributed by atoms with E-state index in [-0.39, 0.29) is 17.4 Å². The van der Waals surface area contributed by atoms with E-state index in [9.17, 15) is 13.5 Å². The summed E-state index contributed by atoms with van der Waals surface area (Å²) in [6, 6.07) is 10.2. The number of nitrogens with one attached hydrogen (secondary N) is 2. The fourth-order valence-electron chi connectivity index (χ4n) is 2.88. The van der Waals surface area contributed by atoms with Gasteiger partial charge in [0.25, 0.3) is 0 Å². The average molecular weight is 373 g/mol. The van der Waals surface area contributed by atoms with Crippen LogP contribution in [0.25, 0.3) is 22.2 Å². The molecule has 0 unspecified atom stereocenters. The highest BCUT2D eigenvalue weighted by Gasteiger charge is 2.22. The summed E-state index contributed by atoms with van der Waals surface area (Å²) in [7, 11) is -3.68. The molecule has 3 aromatic rings. The van der Waals surface area contributed by atoms with Crippen LogP contribution < -0.4 is 4.72 Å². The van der Waals surface area contributed by atoms with Crippen LogP contribution in [0.1, 0.15) is 19.5 Å². The number of nitrogens with zero attached hydrogens (tertiary/aromatic N) is 1. The number of aliphatic hydroxyl groups excluding tert-OH is 1. The molecule has 6 nitrogen and oxygen atoms in total. The summed E-state index contributed by atoms with van der Waals surface area (Å²) in [5.74, 6) is -0.00372. The first kappa shape index (κ1) is 18.6. The van der Waals surface area contributed by atoms with Crippen LogP contribution in [-0.4, -0.2) is 36.1 Å². The predicted octanol–water partition coefficient (Wildman–Crippen LogP) is 2.83. The molecule has 1 aromatic carbocycles. The molecule has 0 amide bonds. The van der Waals surface area contributed by atoms with E-state index in [1.54, 1.807) is 30.5 Å². The van der Waals surface area contributed by atoms with Crippen molar-refractivity contribution in [3.8, 4) is 11.1 Å². The van der Waals surface area contributed by atoms with Crippen molar-refractivity contribution < 1.29 is 13.5 Å². The molecule has 7 heteroatoms. The van der Waals surface area contributed by atoms with E-state index >= 15 is 0 Å². The fraction of sp³-hybridized carbons (Fsp3) is 0.316. The Morgan fingerprint density at radius 2 is 1.88 bits per heavy atom. The topological polar surface area (TPSA) is 95.1 Å². The molecule has 0 saturated carbocycles. The first-order valence-corrected chi connectivity index (χ1v) is 9.98. The Morgan fingerprint density at radius 1 is 1.19 bits per heavy atom. The number of hydrogen-bond donors (Lipinski definition) is 3. The molecule has 3 N–H and O–H groups in total. The van der Waals surface area contributed by atoms with Crippen LogP contribution in [0.5, 0.6) is 0 Å². The Bertz CT molecular complexity index is 1010. The van der Waals surface area contributed by atoms with Crippen molar-refractivity contribution in [2.75, 3.05) is 6.61 Å². The molecule has 0 saturated heterocycles. The molecule has 3 rings (SSSR count). The Balaban J connectivity index is 1.93. The second kappa shape index (κ2) is 7.19. The van der Waals surface area contributed by atoms with Crippen LogP contribution in [0.2, 0.25) is 0 Å². The Morgan fingerprint density at radius 3 is 2.50 bits per heavy atom. The van der Waals surface area contributed by atoms with Gasteiger partial charge in [-0.25, -0.2) is 18.1 Å². The highest BCUT2D eigenvalue weighted by Crippen LogP contribution is 2.28. The number of fused-ring (bicyclic) bond motifs is 1. The van der Waals surface area contributed by atoms with Gasteiger partial charge in [-0.2, -0.15) is 0 Å². The second-order valence-corrected chi connectivity index (χ2v) is 8.47. The number of hydrogen-bond acceptors (Lipinski definition) is 4. The Labute approximate surface area is 153 Å². The van der Waals surface area contributed by atoms with Gasteiger partial charge in [-0.3, -0.25) is 0 Å². The second-order valence-electron chi connectivity index (χ2n) is 6.75. The smallest absolute Gasteiger partial charge is 0.240 e. The maximum Gasteiger partial charge on any atom is 0.240 e. The Hall–Kier alpha value is -2.22. The van der Waals surface area contributed by atoms with Crippen molar-refractivity contribution in [1.29, 1.82) is 0 Å². The lowest BCUT2D eigenvalue weighted by atomic mass is 10.0. The van der Waals surface area contributed by atoms with Gasteiger partial charge >= 0.3 is 0 Å². The van der Waals surface area contributed by atoms with E-state index in [0.717, 1.165) is 27.9 Å². The summed E-state index contributed by atoms with van der Waals surface area (Å²) in [6.07, 6.45) is 1.73. The summed E-state index contributed by atoms with van der Waals surface area (Å²) in [4.78, 5) is 7.70. The number of aromatic amines is 1. The summed E-state index contributed by atoms with van der Waals surface area (Å²) >= 11 is 0. The van der Waals surface area contributed by atoms with Gasteiger partial charge in [-0.1, -0.05) is 26.0 Å². The molecular formula is C19H23N3O3S. The van der Waals surface area contributed by atoms with Crippen LogP contribution in [0.3, 0.4) is 0 Å². The van der Waals surface area contributed by atoms with Crippen LogP contribution in [0.4, 0.5) is 0 Å². The van der Waals surface area contributed by atoms with Gasteiger partial charge < -0.3 is 10.1 Å². The summed E-state index contributed by atoms with van der Waals surface area (Å²) in [5.41, 5.74) is 3.73. The number of H-pyrrole nitrogens is 1. The lowest BCUT2D eigenvalue weighted by molar-refractivity contribution is 0.227. The number of aliphatic hydroxyl groups is 1. The quantitative estimate of drug-likeness (QED) is 0.619. The normalized spacial score (nSPS) is 13.4. The number of benzene rings is 1. The number of pyridine rings is 1. The first-order valence-electron chi connectivity index (χ1n) is 8.50. The van der Waals surface area contributed by atoms with E-state index in [2.05, 4.69) is 14.7 Å². The van der Waals surface area contributed by atoms with Crippen LogP contribution in [-0.2, 0) is 10.0 Å². The zero-order valence-electron chi connectivity index (χ0n) is 15.0. The standard InChI is InChI=1S/C19H23N3O3S/c1-12(2)18(11-23)22-26(24,25)15-6-4-14(5-7-15)16-8-9-20-19-17(16)10-13(3)21-19/h4-10,12,18,22-23H,11H2,1-3H3,(H,20,21)/t18-/m1/s1. The minimum absolute atomic E-state index is 0.00372. The molecule has 0 aliphatic rings. The predicted molar refractivity (Wildman–Crippen MR) is 102 cm³/mol. The van der Waals surface area contributed by atoms with Gasteiger partial charge in [0.05, 0.1) is 11.5 Å². The average Bonchev–Trinajstić information content (AvgIpc) is 2.99. The number of rotatable bonds is 6. The third kappa shape index (κ3) is 3.65. The zero-order valence-corrected chi connectivity index (χ0v) is 15.8. The molecule has 0 aliphatic carbocycles. The molecule has 2 aromatic heterocycles. The van der Waals surface area contributed by atoms with Crippen molar-refractivity contribution in [2.45, 2.75) is 31.7 Å². The third-order valence-electron chi connectivity index (χ3n) is 4.45. The van der Waals surface area contributed by atoms with Gasteiger partial charge in [0.15, 0.2) is 0 Å². The van der Waals surface area contributed by atoms with E-state index in [0.29, 0.717) is 0 Å². The lowest BCUT2D eigenvalue weighted by Gasteiger charge is -2.19. The van der Waals surface area contributed by atoms with E-state index in [1.807, 2.05) is 32.9 Å². The third-order valence-corrected chi connectivity index (χ3v) is 5.96. The van der Waals surface area contributed by atoms with Crippen molar-refractivity contribution in [2.24, 2.45) is 5.92 Å². The van der Waals surface area contributed by atoms with Gasteiger partial charge in [-0.15, -0.1) is 0 Å². The van der Waals surface area contributed by atoms with E-state index < -0.39 is 16.1 Å². The van der Waals surface area contributed by atoms with Gasteiger partial charge in [0, 0.05) is 23.3 Å². The lowest BCUT2D eigenvalue weighted by Crippen LogP contribution is -2.41. The summed E-state index contributed by atoms with van der Waals surface area (Å²) < 4.78 is 27.6. The number of aromatic nitrogens is 2. The number of aryl methyl sites for hydroxylation is 1. The Kier molecular flexibility index (Phi) is 5.13. The molecule has 0 fully saturated rings. The molecule has 2 heterocycles. The van der Waals surface area contributed by atoms with Crippen molar-refractivity contribution >= 4 is 21.1 Å². The largest absolute Gasteiger partial charge is 0.395 e. The summed E-state index contributed by atoms with van der Waals surface area (Å²) in [6.45, 7) is 5.45. The van der Waals surface area contributed by atoms with Gasteiger partial charge in [0.2, 0.25) is 10.0 Å². The molecule has 0 spiro atoms. The van der Waals surface area contributed by atoms with Gasteiger partial charge in [0.1, 0.15) is 5.65 Å². The highest BCUT2D eigenvalue weighted by atomic mass is 32.2. The van der Waals surface area contributed by atoms with Crippen LogP contribution in [0, 0.1) is 12.8 Å². The molecule has 138 valence electrons. The van der Waals surface area contributed by atoms with Crippen molar-refractivity contribution in [1.82, 2.24) is 14.7 Å². The molecule has 0 radical (unpaired) electrons. The molecule has 26 heavy (non-hydrogen) atoms. The van der Waals surface area contributed by atoms with Gasteiger partial charge in [-0.05, 0) is 48.2 Å².